The zero-order chi connectivity index (χ0) is 8.60. The van der Waals surface area contributed by atoms with E-state index >= 15 is 0 Å². The van der Waals surface area contributed by atoms with Crippen molar-refractivity contribution in [3.05, 3.63) is 16.5 Å². The van der Waals surface area contributed by atoms with Gasteiger partial charge in [-0.25, -0.2) is 0 Å². The molecule has 12 heavy (non-hydrogen) atoms. The number of hydrogen-bond donors (Lipinski definition) is 1. The highest BCUT2D eigenvalue weighted by molar-refractivity contribution is 7.12. The molecule has 1 fully saturated rings. The first-order chi connectivity index (χ1) is 5.68. The van der Waals surface area contributed by atoms with Gasteiger partial charge < -0.3 is 10.1 Å². The van der Waals surface area contributed by atoms with Crippen molar-refractivity contribution in [1.29, 1.82) is 0 Å². The summed E-state index contributed by atoms with van der Waals surface area (Å²) in [5.41, 5.74) is -0.0197. The molecule has 0 saturated carbocycles. The average molecular weight is 204 g/mol. The molecular weight excluding hydrogens is 194 g/mol. The van der Waals surface area contributed by atoms with E-state index < -0.39 is 0 Å². The number of rotatable bonds is 2. The van der Waals surface area contributed by atoms with Gasteiger partial charge in [-0.05, 0) is 6.92 Å². The fourth-order valence-corrected chi connectivity index (χ4v) is 2.18. The van der Waals surface area contributed by atoms with Crippen molar-refractivity contribution in [1.82, 2.24) is 5.32 Å². The summed E-state index contributed by atoms with van der Waals surface area (Å²) in [7, 11) is 0. The second-order valence-corrected chi connectivity index (χ2v) is 4.55. The Hall–Kier alpha value is -0.250. The van der Waals surface area contributed by atoms with Gasteiger partial charge in [-0.3, -0.25) is 0 Å². The van der Waals surface area contributed by atoms with Crippen molar-refractivity contribution in [2.24, 2.45) is 0 Å². The molecule has 0 amide bonds. The van der Waals surface area contributed by atoms with Crippen LogP contribution in [0.5, 0.6) is 5.06 Å². The van der Waals surface area contributed by atoms with Gasteiger partial charge in [0, 0.05) is 24.5 Å². The second-order valence-electron chi connectivity index (χ2n) is 3.24. The minimum atomic E-state index is -0.0197. The second kappa shape index (κ2) is 2.91. The van der Waals surface area contributed by atoms with E-state index in [0.29, 0.717) is 0 Å². The maximum atomic E-state index is 5.77. The zero-order valence-electron chi connectivity index (χ0n) is 6.76. The Morgan fingerprint density at radius 1 is 1.67 bits per heavy atom. The molecule has 0 aliphatic carbocycles. The molecule has 2 heterocycles. The van der Waals surface area contributed by atoms with Gasteiger partial charge >= 0.3 is 0 Å². The van der Waals surface area contributed by atoms with Crippen LogP contribution in [0.1, 0.15) is 6.92 Å². The van der Waals surface area contributed by atoms with E-state index in [1.165, 1.54) is 0 Å². The van der Waals surface area contributed by atoms with Crippen molar-refractivity contribution in [3.63, 3.8) is 0 Å². The normalized spacial score (nSPS) is 20.2. The van der Waals surface area contributed by atoms with Gasteiger partial charge in [-0.15, -0.1) is 11.3 Å². The van der Waals surface area contributed by atoms with Gasteiger partial charge in [0.2, 0.25) is 0 Å². The van der Waals surface area contributed by atoms with Gasteiger partial charge in [-0.2, -0.15) is 0 Å². The van der Waals surface area contributed by atoms with E-state index in [4.69, 9.17) is 16.3 Å². The first-order valence-corrected chi connectivity index (χ1v) is 5.07. The van der Waals surface area contributed by atoms with Gasteiger partial charge in [0.25, 0.3) is 0 Å². The number of thiophene rings is 1. The molecule has 1 saturated heterocycles. The van der Waals surface area contributed by atoms with E-state index in [1.807, 2.05) is 11.4 Å². The largest absolute Gasteiger partial charge is 0.475 e. The summed E-state index contributed by atoms with van der Waals surface area (Å²) in [4.78, 5) is 0. The summed E-state index contributed by atoms with van der Waals surface area (Å²) in [5.74, 6) is 0. The van der Waals surface area contributed by atoms with Gasteiger partial charge in [0.05, 0.1) is 5.02 Å². The van der Waals surface area contributed by atoms with Crippen molar-refractivity contribution < 1.29 is 4.74 Å². The molecule has 1 N–H and O–H groups in total. The highest BCUT2D eigenvalue weighted by atomic mass is 35.5. The lowest BCUT2D eigenvalue weighted by Crippen LogP contribution is -2.60. The number of halogens is 1. The van der Waals surface area contributed by atoms with Crippen LogP contribution in [0.2, 0.25) is 5.02 Å². The average Bonchev–Trinajstić information content (AvgIpc) is 2.32. The van der Waals surface area contributed by atoms with E-state index in [1.54, 1.807) is 11.3 Å². The molecule has 1 aromatic rings. The minimum Gasteiger partial charge on any atom is -0.475 e. The van der Waals surface area contributed by atoms with Crippen LogP contribution in [-0.2, 0) is 0 Å². The predicted octanol–water partition coefficient (Wildman–Crippen LogP) is 2.14. The van der Waals surface area contributed by atoms with Gasteiger partial charge in [-0.1, -0.05) is 11.6 Å². The molecule has 0 aromatic carbocycles. The monoisotopic (exact) mass is 203 g/mol. The maximum Gasteiger partial charge on any atom is 0.176 e. The van der Waals surface area contributed by atoms with Gasteiger partial charge in [0.15, 0.2) is 5.06 Å². The molecule has 2 rings (SSSR count). The standard InChI is InChI=1S/C8H10ClNOS/c1-8(4-10-5-8)11-7-2-6(9)3-12-7/h2-3,10H,4-5H2,1H3. The molecule has 0 unspecified atom stereocenters. The molecule has 0 atom stereocenters. The van der Waals surface area contributed by atoms with E-state index in [2.05, 4.69) is 12.2 Å². The molecule has 2 nitrogen and oxygen atoms in total. The Bertz CT molecular complexity index is 282. The van der Waals surface area contributed by atoms with Crippen LogP contribution in [0.3, 0.4) is 0 Å². The Labute approximate surface area is 80.5 Å². The Kier molecular flexibility index (Phi) is 2.02. The fourth-order valence-electron chi connectivity index (χ4n) is 1.14. The number of nitrogens with one attached hydrogen (secondary N) is 1. The molecule has 1 aliphatic heterocycles. The van der Waals surface area contributed by atoms with E-state index in [9.17, 15) is 0 Å². The Morgan fingerprint density at radius 2 is 2.42 bits per heavy atom. The maximum absolute atomic E-state index is 5.77. The van der Waals surface area contributed by atoms with Crippen molar-refractivity contribution in [2.75, 3.05) is 13.1 Å². The number of ether oxygens (including phenoxy) is 1. The third-order valence-electron chi connectivity index (χ3n) is 1.89. The highest BCUT2D eigenvalue weighted by Gasteiger charge is 2.34. The summed E-state index contributed by atoms with van der Waals surface area (Å²) >= 11 is 7.31. The highest BCUT2D eigenvalue weighted by Crippen LogP contribution is 2.30. The topological polar surface area (TPSA) is 21.3 Å². The molecule has 66 valence electrons. The van der Waals surface area contributed by atoms with Crippen LogP contribution in [0.15, 0.2) is 11.4 Å². The number of hydrogen-bond acceptors (Lipinski definition) is 3. The molecule has 1 aromatic heterocycles. The van der Waals surface area contributed by atoms with Crippen LogP contribution in [0.25, 0.3) is 0 Å². The van der Waals surface area contributed by atoms with Crippen molar-refractivity contribution in [3.8, 4) is 5.06 Å². The van der Waals surface area contributed by atoms with Crippen LogP contribution in [-0.4, -0.2) is 18.7 Å². The van der Waals surface area contributed by atoms with E-state index in [-0.39, 0.29) is 5.60 Å². The quantitative estimate of drug-likeness (QED) is 0.796. The summed E-state index contributed by atoms with van der Waals surface area (Å²) in [6.45, 7) is 3.93. The van der Waals surface area contributed by atoms with Crippen LogP contribution < -0.4 is 10.1 Å². The smallest absolute Gasteiger partial charge is 0.176 e. The minimum absolute atomic E-state index is 0.0197. The lowest BCUT2D eigenvalue weighted by Gasteiger charge is -2.38. The van der Waals surface area contributed by atoms with Crippen molar-refractivity contribution >= 4 is 22.9 Å². The van der Waals surface area contributed by atoms with Crippen LogP contribution in [0, 0.1) is 0 Å². The lowest BCUT2D eigenvalue weighted by molar-refractivity contribution is 0.0386. The molecule has 1 aliphatic rings. The van der Waals surface area contributed by atoms with E-state index in [0.717, 1.165) is 23.2 Å². The fraction of sp³-hybridized carbons (Fsp3) is 0.500. The SMILES string of the molecule is CC1(Oc2cc(Cl)cs2)CNC1. The molecular formula is C8H10ClNOS. The predicted molar refractivity (Wildman–Crippen MR) is 51.2 cm³/mol. The van der Waals surface area contributed by atoms with Crippen LogP contribution >= 0.6 is 22.9 Å². The summed E-state index contributed by atoms with van der Waals surface area (Å²) < 4.78 is 5.73. The van der Waals surface area contributed by atoms with Crippen LogP contribution in [0.4, 0.5) is 0 Å². The summed E-state index contributed by atoms with van der Waals surface area (Å²) in [6, 6.07) is 1.86. The summed E-state index contributed by atoms with van der Waals surface area (Å²) in [6.07, 6.45) is 0. The zero-order valence-corrected chi connectivity index (χ0v) is 8.34. The van der Waals surface area contributed by atoms with Gasteiger partial charge in [0.1, 0.15) is 5.60 Å². The molecule has 0 radical (unpaired) electrons. The van der Waals surface area contributed by atoms with Crippen molar-refractivity contribution in [2.45, 2.75) is 12.5 Å². The lowest BCUT2D eigenvalue weighted by atomic mass is 10.0. The first-order valence-electron chi connectivity index (χ1n) is 3.82. The molecule has 0 bridgehead atoms. The Morgan fingerprint density at radius 3 is 2.83 bits per heavy atom. The third-order valence-corrected chi connectivity index (χ3v) is 3.04. The molecule has 0 spiro atoms. The molecule has 4 heteroatoms. The third kappa shape index (κ3) is 1.58. The Balaban J connectivity index is 2.03. The first kappa shape index (κ1) is 8.35. The summed E-state index contributed by atoms with van der Waals surface area (Å²) in [5, 5.41) is 6.72.